The molecule has 29 heavy (non-hydrogen) atoms. The van der Waals surface area contributed by atoms with Crippen LogP contribution in [0.1, 0.15) is 46.3 Å². The molecule has 3 rings (SSSR count). The van der Waals surface area contributed by atoms with Gasteiger partial charge < -0.3 is 15.4 Å². The third-order valence-corrected chi connectivity index (χ3v) is 4.23. The normalized spacial score (nSPS) is 11.4. The fourth-order valence-corrected chi connectivity index (χ4v) is 2.73. The lowest BCUT2D eigenvalue weighted by atomic mass is 10.1. The highest BCUT2D eigenvalue weighted by Gasteiger charge is 2.15. The molecule has 0 spiro atoms. The Morgan fingerprint density at radius 1 is 0.966 bits per heavy atom. The summed E-state index contributed by atoms with van der Waals surface area (Å²) in [5, 5.41) is 14.0. The maximum Gasteiger partial charge on any atom is 0.340 e. The molecule has 148 valence electrons. The Hall–Kier alpha value is -3.74. The summed E-state index contributed by atoms with van der Waals surface area (Å²) < 4.78 is 5.06. The Bertz CT molecular complexity index is 975. The van der Waals surface area contributed by atoms with Crippen LogP contribution < -0.4 is 10.6 Å². The number of para-hydroxylation sites is 1. The summed E-state index contributed by atoms with van der Waals surface area (Å²) in [4.78, 5) is 24.5. The number of hydrogen-bond acceptors (Lipinski definition) is 6. The molecule has 0 aliphatic carbocycles. The average Bonchev–Trinajstić information content (AvgIpc) is 2.75. The molecule has 0 bridgehead atoms. The molecule has 1 unspecified atom stereocenters. The lowest BCUT2D eigenvalue weighted by Gasteiger charge is -2.14. The molecule has 0 saturated carbocycles. The molecule has 7 heteroatoms. The van der Waals surface area contributed by atoms with Gasteiger partial charge in [0.2, 0.25) is 0 Å². The molecule has 0 saturated heterocycles. The molecule has 0 radical (unpaired) electrons. The van der Waals surface area contributed by atoms with Crippen LogP contribution in [0.15, 0.2) is 66.7 Å². The molecular weight excluding hydrogens is 368 g/mol. The van der Waals surface area contributed by atoms with Gasteiger partial charge in [0.15, 0.2) is 11.5 Å². The minimum absolute atomic E-state index is 0.153. The molecule has 0 fully saturated rings. The van der Waals surface area contributed by atoms with E-state index in [4.69, 9.17) is 4.74 Å². The van der Waals surface area contributed by atoms with Crippen molar-refractivity contribution in [2.75, 3.05) is 11.9 Å². The maximum atomic E-state index is 12.4. The first-order valence-electron chi connectivity index (χ1n) is 9.31. The van der Waals surface area contributed by atoms with Gasteiger partial charge in [-0.15, -0.1) is 10.2 Å². The van der Waals surface area contributed by atoms with Gasteiger partial charge >= 0.3 is 5.97 Å². The lowest BCUT2D eigenvalue weighted by Crippen LogP contribution is -2.27. The minimum atomic E-state index is -0.422. The van der Waals surface area contributed by atoms with Gasteiger partial charge in [0, 0.05) is 0 Å². The van der Waals surface area contributed by atoms with Crippen molar-refractivity contribution < 1.29 is 14.3 Å². The first-order chi connectivity index (χ1) is 14.1. The Labute approximate surface area is 169 Å². The van der Waals surface area contributed by atoms with E-state index in [0.717, 1.165) is 5.56 Å². The Morgan fingerprint density at radius 2 is 1.69 bits per heavy atom. The zero-order valence-electron chi connectivity index (χ0n) is 16.3. The zero-order chi connectivity index (χ0) is 20.6. The van der Waals surface area contributed by atoms with E-state index >= 15 is 0 Å². The van der Waals surface area contributed by atoms with E-state index in [1.807, 2.05) is 37.3 Å². The minimum Gasteiger partial charge on any atom is -0.462 e. The number of anilines is 2. The molecule has 2 N–H and O–H groups in total. The van der Waals surface area contributed by atoms with Crippen LogP contribution in [0.25, 0.3) is 0 Å². The molecule has 7 nitrogen and oxygen atoms in total. The maximum absolute atomic E-state index is 12.4. The van der Waals surface area contributed by atoms with Crippen LogP contribution in [0.5, 0.6) is 0 Å². The van der Waals surface area contributed by atoms with Gasteiger partial charge in [-0.25, -0.2) is 4.79 Å². The van der Waals surface area contributed by atoms with Crippen LogP contribution in [-0.4, -0.2) is 28.7 Å². The molecule has 3 aromatic rings. The monoisotopic (exact) mass is 390 g/mol. The first kappa shape index (κ1) is 20.0. The van der Waals surface area contributed by atoms with E-state index in [9.17, 15) is 9.59 Å². The van der Waals surface area contributed by atoms with Crippen molar-refractivity contribution in [1.29, 1.82) is 0 Å². The zero-order valence-corrected chi connectivity index (χ0v) is 16.3. The average molecular weight is 390 g/mol. The van der Waals surface area contributed by atoms with Crippen molar-refractivity contribution >= 4 is 23.4 Å². The first-order valence-corrected chi connectivity index (χ1v) is 9.31. The molecular formula is C22H22N4O3. The molecule has 1 aromatic heterocycles. The van der Waals surface area contributed by atoms with Gasteiger partial charge in [0.05, 0.1) is 23.9 Å². The number of nitrogens with one attached hydrogen (secondary N) is 2. The topological polar surface area (TPSA) is 93.2 Å². The van der Waals surface area contributed by atoms with Gasteiger partial charge in [-0.3, -0.25) is 4.79 Å². The number of rotatable bonds is 7. The number of nitrogens with zero attached hydrogens (tertiary/aromatic N) is 2. The van der Waals surface area contributed by atoms with Crippen LogP contribution >= 0.6 is 0 Å². The van der Waals surface area contributed by atoms with Crippen molar-refractivity contribution in [3.63, 3.8) is 0 Å². The third kappa shape index (κ3) is 5.16. The largest absolute Gasteiger partial charge is 0.462 e. The second-order valence-corrected chi connectivity index (χ2v) is 6.30. The highest BCUT2D eigenvalue weighted by molar-refractivity contribution is 5.96. The molecule has 1 heterocycles. The predicted octanol–water partition coefficient (Wildman–Crippen LogP) is 3.89. The molecule has 2 aromatic carbocycles. The van der Waals surface area contributed by atoms with Crippen LogP contribution in [-0.2, 0) is 4.74 Å². The Morgan fingerprint density at radius 3 is 2.38 bits per heavy atom. The molecule has 0 aliphatic heterocycles. The van der Waals surface area contributed by atoms with Gasteiger partial charge in [-0.1, -0.05) is 42.5 Å². The summed E-state index contributed by atoms with van der Waals surface area (Å²) in [7, 11) is 0. The summed E-state index contributed by atoms with van der Waals surface area (Å²) in [6.07, 6.45) is 0. The second kappa shape index (κ2) is 9.45. The molecule has 1 atom stereocenters. The van der Waals surface area contributed by atoms with E-state index in [2.05, 4.69) is 20.8 Å². The predicted molar refractivity (Wildman–Crippen MR) is 110 cm³/mol. The van der Waals surface area contributed by atoms with E-state index in [1.54, 1.807) is 43.3 Å². The summed E-state index contributed by atoms with van der Waals surface area (Å²) in [5.74, 6) is -0.323. The van der Waals surface area contributed by atoms with E-state index in [-0.39, 0.29) is 24.2 Å². The number of esters is 1. The third-order valence-electron chi connectivity index (χ3n) is 4.23. The van der Waals surface area contributed by atoms with Crippen molar-refractivity contribution in [3.8, 4) is 0 Å². The van der Waals surface area contributed by atoms with E-state index < -0.39 is 5.97 Å². The standard InChI is InChI=1S/C22H22N4O3/c1-3-29-22(28)17-11-7-8-12-18(17)24-20-14-13-19(25-26-20)21(27)23-15(2)16-9-5-4-6-10-16/h4-15H,3H2,1-2H3,(H,23,27)(H,24,26). The van der Waals surface area contributed by atoms with Crippen LogP contribution in [0.3, 0.4) is 0 Å². The number of benzene rings is 2. The van der Waals surface area contributed by atoms with E-state index in [0.29, 0.717) is 17.1 Å². The Kier molecular flexibility index (Phi) is 6.52. The van der Waals surface area contributed by atoms with Crippen molar-refractivity contribution in [3.05, 3.63) is 83.6 Å². The van der Waals surface area contributed by atoms with Crippen molar-refractivity contribution in [2.24, 2.45) is 0 Å². The van der Waals surface area contributed by atoms with Gasteiger partial charge in [-0.2, -0.15) is 0 Å². The highest BCUT2D eigenvalue weighted by Crippen LogP contribution is 2.20. The SMILES string of the molecule is CCOC(=O)c1ccccc1Nc1ccc(C(=O)NC(C)c2ccccc2)nn1. The summed E-state index contributed by atoms with van der Waals surface area (Å²) in [6.45, 7) is 3.95. The number of amides is 1. The number of aromatic nitrogens is 2. The van der Waals surface area contributed by atoms with E-state index in [1.165, 1.54) is 0 Å². The Balaban J connectivity index is 1.68. The lowest BCUT2D eigenvalue weighted by molar-refractivity contribution is 0.0527. The summed E-state index contributed by atoms with van der Waals surface area (Å²) in [6, 6.07) is 19.7. The number of carbonyl (C=O) groups excluding carboxylic acids is 2. The number of hydrogen-bond donors (Lipinski definition) is 2. The van der Waals surface area contributed by atoms with Gasteiger partial charge in [0.25, 0.3) is 5.91 Å². The second-order valence-electron chi connectivity index (χ2n) is 6.30. The fraction of sp³-hybridized carbons (Fsp3) is 0.182. The van der Waals surface area contributed by atoms with Gasteiger partial charge in [0.1, 0.15) is 0 Å². The van der Waals surface area contributed by atoms with Crippen molar-refractivity contribution in [2.45, 2.75) is 19.9 Å². The summed E-state index contributed by atoms with van der Waals surface area (Å²) >= 11 is 0. The number of ether oxygens (including phenoxy) is 1. The van der Waals surface area contributed by atoms with Crippen LogP contribution in [0.2, 0.25) is 0 Å². The van der Waals surface area contributed by atoms with Crippen LogP contribution in [0, 0.1) is 0 Å². The fourth-order valence-electron chi connectivity index (χ4n) is 2.73. The molecule has 1 amide bonds. The van der Waals surface area contributed by atoms with Crippen molar-refractivity contribution in [1.82, 2.24) is 15.5 Å². The number of carbonyl (C=O) groups is 2. The van der Waals surface area contributed by atoms with Gasteiger partial charge in [-0.05, 0) is 43.7 Å². The highest BCUT2D eigenvalue weighted by atomic mass is 16.5. The summed E-state index contributed by atoms with van der Waals surface area (Å²) in [5.41, 5.74) is 2.16. The van der Waals surface area contributed by atoms with Crippen LogP contribution in [0.4, 0.5) is 11.5 Å². The quantitative estimate of drug-likeness (QED) is 0.595. The molecule has 0 aliphatic rings. The smallest absolute Gasteiger partial charge is 0.340 e.